The summed E-state index contributed by atoms with van der Waals surface area (Å²) in [5.41, 5.74) is 0.983. The molecule has 0 aliphatic carbocycles. The number of anilines is 1. The molecule has 1 amide bonds. The number of aromatic nitrogens is 1. The molecule has 1 fully saturated rings. The van der Waals surface area contributed by atoms with Crippen molar-refractivity contribution in [2.45, 2.75) is 6.92 Å². The number of carbonyl (C=O) groups excluding carboxylic acids is 1. The van der Waals surface area contributed by atoms with Crippen LogP contribution in [0.3, 0.4) is 0 Å². The van der Waals surface area contributed by atoms with Gasteiger partial charge in [-0.1, -0.05) is 12.0 Å². The first-order valence-corrected chi connectivity index (χ1v) is 8.37. The number of amides is 1. The van der Waals surface area contributed by atoms with Crippen LogP contribution in [0.15, 0.2) is 36.5 Å². The minimum Gasteiger partial charge on any atom is -0.347 e. The fourth-order valence-corrected chi connectivity index (χ4v) is 2.83. The van der Waals surface area contributed by atoms with Crippen LogP contribution in [0.25, 0.3) is 0 Å². The number of rotatable bonds is 2. The summed E-state index contributed by atoms with van der Waals surface area (Å²) in [6.45, 7) is 3.35. The molecular formula is C19H17FN4O3. The fraction of sp³-hybridized carbons (Fsp3) is 0.263. The van der Waals surface area contributed by atoms with E-state index >= 15 is 0 Å². The van der Waals surface area contributed by atoms with Crippen molar-refractivity contribution in [3.63, 3.8) is 0 Å². The first-order valence-electron chi connectivity index (χ1n) is 8.37. The van der Waals surface area contributed by atoms with Crippen molar-refractivity contribution in [1.29, 1.82) is 0 Å². The Kier molecular flexibility index (Phi) is 5.31. The molecule has 1 aliphatic heterocycles. The van der Waals surface area contributed by atoms with Gasteiger partial charge in [0.15, 0.2) is 0 Å². The lowest BCUT2D eigenvalue weighted by molar-refractivity contribution is -0.384. The molecule has 27 heavy (non-hydrogen) atoms. The van der Waals surface area contributed by atoms with Gasteiger partial charge in [-0.2, -0.15) is 0 Å². The highest BCUT2D eigenvalue weighted by atomic mass is 19.1. The van der Waals surface area contributed by atoms with Crippen molar-refractivity contribution in [2.75, 3.05) is 31.1 Å². The zero-order valence-electron chi connectivity index (χ0n) is 14.7. The second-order valence-corrected chi connectivity index (χ2v) is 6.12. The van der Waals surface area contributed by atoms with E-state index in [0.29, 0.717) is 32.0 Å². The SMILES string of the molecule is Cc1ccc(F)c(C#CC(=O)N2CCN(c3ncccc3[N+](=O)[O-])CC2)c1. The van der Waals surface area contributed by atoms with Crippen LogP contribution in [0.4, 0.5) is 15.9 Å². The number of nitrogens with zero attached hydrogens (tertiary/aromatic N) is 4. The Bertz CT molecular complexity index is 943. The van der Waals surface area contributed by atoms with Crippen LogP contribution in [-0.4, -0.2) is 46.9 Å². The lowest BCUT2D eigenvalue weighted by Gasteiger charge is -2.34. The molecule has 2 aromatic rings. The number of piperazine rings is 1. The molecule has 0 atom stereocenters. The normalized spacial score (nSPS) is 13.7. The highest BCUT2D eigenvalue weighted by molar-refractivity contribution is 5.94. The second kappa shape index (κ2) is 7.83. The number of aryl methyl sites for hydroxylation is 1. The number of hydrogen-bond donors (Lipinski definition) is 0. The van der Waals surface area contributed by atoms with Crippen molar-refractivity contribution in [3.8, 4) is 11.8 Å². The molecule has 0 N–H and O–H groups in total. The molecule has 138 valence electrons. The van der Waals surface area contributed by atoms with Gasteiger partial charge in [0.25, 0.3) is 5.91 Å². The molecule has 0 spiro atoms. The number of carbonyl (C=O) groups is 1. The number of pyridine rings is 1. The Hall–Kier alpha value is -3.47. The van der Waals surface area contributed by atoms with Crippen molar-refractivity contribution in [2.24, 2.45) is 0 Å². The van der Waals surface area contributed by atoms with Crippen LogP contribution >= 0.6 is 0 Å². The van der Waals surface area contributed by atoms with Crippen molar-refractivity contribution in [3.05, 3.63) is 63.6 Å². The van der Waals surface area contributed by atoms with Crippen molar-refractivity contribution < 1.29 is 14.1 Å². The monoisotopic (exact) mass is 368 g/mol. The highest BCUT2D eigenvalue weighted by Crippen LogP contribution is 2.25. The molecule has 2 heterocycles. The molecule has 0 bridgehead atoms. The van der Waals surface area contributed by atoms with E-state index in [-0.39, 0.29) is 11.3 Å². The Morgan fingerprint density at radius 2 is 2.00 bits per heavy atom. The Balaban J connectivity index is 1.66. The molecule has 0 radical (unpaired) electrons. The van der Waals surface area contributed by atoms with Crippen LogP contribution in [0.2, 0.25) is 0 Å². The fourth-order valence-electron chi connectivity index (χ4n) is 2.83. The van der Waals surface area contributed by atoms with Gasteiger partial charge < -0.3 is 9.80 Å². The molecule has 1 aromatic heterocycles. The van der Waals surface area contributed by atoms with Gasteiger partial charge in [0.1, 0.15) is 5.82 Å². The summed E-state index contributed by atoms with van der Waals surface area (Å²) in [5, 5.41) is 11.1. The average molecular weight is 368 g/mol. The molecule has 0 saturated carbocycles. The standard InChI is InChI=1S/C19H17FN4O3/c1-14-4-6-16(20)15(13-14)5-7-18(25)22-9-11-23(12-10-22)19-17(24(26)27)3-2-8-21-19/h2-4,6,8,13H,9-12H2,1H3. The zero-order valence-corrected chi connectivity index (χ0v) is 14.7. The molecule has 7 nitrogen and oxygen atoms in total. The Labute approximate surface area is 155 Å². The number of nitro groups is 1. The van der Waals surface area contributed by atoms with Gasteiger partial charge in [0.2, 0.25) is 5.82 Å². The summed E-state index contributed by atoms with van der Waals surface area (Å²) in [5.74, 6) is 4.49. The van der Waals surface area contributed by atoms with Gasteiger partial charge in [-0.05, 0) is 30.7 Å². The predicted molar refractivity (Wildman–Crippen MR) is 97.7 cm³/mol. The molecule has 8 heteroatoms. The van der Waals surface area contributed by atoms with E-state index in [1.54, 1.807) is 21.9 Å². The van der Waals surface area contributed by atoms with Crippen LogP contribution in [0.5, 0.6) is 0 Å². The van der Waals surface area contributed by atoms with Crippen LogP contribution in [-0.2, 0) is 4.79 Å². The minimum absolute atomic E-state index is 0.0630. The lowest BCUT2D eigenvalue weighted by Crippen LogP contribution is -2.48. The number of hydrogen-bond acceptors (Lipinski definition) is 5. The lowest BCUT2D eigenvalue weighted by atomic mass is 10.1. The largest absolute Gasteiger partial charge is 0.347 e. The van der Waals surface area contributed by atoms with Crippen LogP contribution in [0, 0.1) is 34.7 Å². The second-order valence-electron chi connectivity index (χ2n) is 6.12. The third-order valence-electron chi connectivity index (χ3n) is 4.26. The van der Waals surface area contributed by atoms with Gasteiger partial charge >= 0.3 is 5.69 Å². The summed E-state index contributed by atoms with van der Waals surface area (Å²) in [6.07, 6.45) is 1.50. The van der Waals surface area contributed by atoms with E-state index in [4.69, 9.17) is 0 Å². The maximum atomic E-state index is 13.7. The van der Waals surface area contributed by atoms with Gasteiger partial charge in [0, 0.05) is 44.4 Å². The summed E-state index contributed by atoms with van der Waals surface area (Å²) in [7, 11) is 0. The van der Waals surface area contributed by atoms with E-state index < -0.39 is 16.6 Å². The Morgan fingerprint density at radius 3 is 2.70 bits per heavy atom. The predicted octanol–water partition coefficient (Wildman–Crippen LogP) is 2.14. The van der Waals surface area contributed by atoms with Gasteiger partial charge in [0.05, 0.1) is 10.5 Å². The molecule has 1 saturated heterocycles. The van der Waals surface area contributed by atoms with E-state index in [9.17, 15) is 19.3 Å². The molecule has 1 aliphatic rings. The summed E-state index contributed by atoms with van der Waals surface area (Å²) in [6, 6.07) is 7.47. The van der Waals surface area contributed by atoms with E-state index in [2.05, 4.69) is 16.8 Å². The quantitative estimate of drug-likeness (QED) is 0.461. The molecule has 0 unspecified atom stereocenters. The first kappa shape index (κ1) is 18.3. The molecule has 1 aromatic carbocycles. The van der Waals surface area contributed by atoms with Crippen molar-refractivity contribution in [1.82, 2.24) is 9.88 Å². The summed E-state index contributed by atoms with van der Waals surface area (Å²) >= 11 is 0. The first-order chi connectivity index (χ1) is 13.0. The zero-order chi connectivity index (χ0) is 19.4. The summed E-state index contributed by atoms with van der Waals surface area (Å²) < 4.78 is 13.7. The van der Waals surface area contributed by atoms with E-state index in [1.165, 1.54) is 24.4 Å². The van der Waals surface area contributed by atoms with Crippen LogP contribution in [0.1, 0.15) is 11.1 Å². The molecular weight excluding hydrogens is 351 g/mol. The number of halogens is 1. The van der Waals surface area contributed by atoms with Crippen molar-refractivity contribution >= 4 is 17.4 Å². The topological polar surface area (TPSA) is 79.6 Å². The maximum absolute atomic E-state index is 13.7. The minimum atomic E-state index is -0.471. The maximum Gasteiger partial charge on any atom is 0.311 e. The van der Waals surface area contributed by atoms with E-state index in [0.717, 1.165) is 5.56 Å². The van der Waals surface area contributed by atoms with Crippen LogP contribution < -0.4 is 4.90 Å². The number of benzene rings is 1. The molecule has 3 rings (SSSR count). The van der Waals surface area contributed by atoms with Gasteiger partial charge in [-0.3, -0.25) is 14.9 Å². The smallest absolute Gasteiger partial charge is 0.311 e. The van der Waals surface area contributed by atoms with Gasteiger partial charge in [-0.25, -0.2) is 9.37 Å². The average Bonchev–Trinajstić information content (AvgIpc) is 2.68. The third-order valence-corrected chi connectivity index (χ3v) is 4.26. The summed E-state index contributed by atoms with van der Waals surface area (Å²) in [4.78, 5) is 30.4. The van der Waals surface area contributed by atoms with Gasteiger partial charge in [-0.15, -0.1) is 0 Å². The highest BCUT2D eigenvalue weighted by Gasteiger charge is 2.26. The third kappa shape index (κ3) is 4.20. The van der Waals surface area contributed by atoms with E-state index in [1.807, 2.05) is 6.92 Å². The Morgan fingerprint density at radius 1 is 1.26 bits per heavy atom.